The normalized spacial score (nSPS) is 18.0. The average Bonchev–Trinajstić information content (AvgIpc) is 3.11. The molecule has 1 saturated heterocycles. The van der Waals surface area contributed by atoms with Crippen LogP contribution in [0.4, 0.5) is 0 Å². The summed E-state index contributed by atoms with van der Waals surface area (Å²) in [5, 5.41) is 3.41. The number of rotatable bonds is 8. The molecule has 1 N–H and O–H groups in total. The average molecular weight is 346 g/mol. The molecule has 0 aromatic heterocycles. The van der Waals surface area contributed by atoms with Crippen LogP contribution < -0.4 is 5.32 Å². The maximum Gasteiger partial charge on any atom is 0.193 e. The Bertz CT molecular complexity index is 518. The Morgan fingerprint density at radius 2 is 2.08 bits per heavy atom. The van der Waals surface area contributed by atoms with Crippen LogP contribution in [-0.4, -0.2) is 50.8 Å². The molecule has 1 aliphatic heterocycles. The molecule has 1 atom stereocenters. The molecule has 4 nitrogen and oxygen atoms in total. The molecular weight excluding hydrogens is 310 g/mol. The zero-order chi connectivity index (χ0) is 18.1. The van der Waals surface area contributed by atoms with Gasteiger partial charge in [-0.3, -0.25) is 4.99 Å². The first kappa shape index (κ1) is 19.8. The van der Waals surface area contributed by atoms with Gasteiger partial charge in [0.15, 0.2) is 5.96 Å². The summed E-state index contributed by atoms with van der Waals surface area (Å²) in [5.41, 5.74) is 2.81. The van der Waals surface area contributed by atoms with Gasteiger partial charge < -0.3 is 15.0 Å². The van der Waals surface area contributed by atoms with E-state index in [-0.39, 0.29) is 0 Å². The topological polar surface area (TPSA) is 36.9 Å². The number of hydrogen-bond acceptors (Lipinski definition) is 2. The minimum absolute atomic E-state index is 0.599. The second-order valence-corrected chi connectivity index (χ2v) is 7.35. The predicted molar refractivity (Wildman–Crippen MR) is 106 cm³/mol. The molecule has 1 aromatic rings. The van der Waals surface area contributed by atoms with Crippen molar-refractivity contribution < 1.29 is 4.74 Å². The van der Waals surface area contributed by atoms with E-state index in [1.54, 1.807) is 0 Å². The van der Waals surface area contributed by atoms with Gasteiger partial charge in [0.25, 0.3) is 0 Å². The van der Waals surface area contributed by atoms with Crippen molar-refractivity contribution in [2.24, 2.45) is 10.9 Å². The zero-order valence-corrected chi connectivity index (χ0v) is 16.4. The fourth-order valence-corrected chi connectivity index (χ4v) is 3.21. The van der Waals surface area contributed by atoms with E-state index in [1.807, 2.05) is 0 Å². The zero-order valence-electron chi connectivity index (χ0n) is 16.4. The molecule has 2 rings (SSSR count). The van der Waals surface area contributed by atoms with E-state index >= 15 is 0 Å². The van der Waals surface area contributed by atoms with Crippen molar-refractivity contribution in [3.8, 4) is 0 Å². The van der Waals surface area contributed by atoms with E-state index in [2.05, 4.69) is 62.3 Å². The summed E-state index contributed by atoms with van der Waals surface area (Å²) in [5.74, 6) is 2.25. The van der Waals surface area contributed by atoms with Gasteiger partial charge in [-0.2, -0.15) is 0 Å². The van der Waals surface area contributed by atoms with E-state index in [1.165, 1.54) is 11.1 Å². The molecule has 1 aliphatic rings. The van der Waals surface area contributed by atoms with E-state index in [0.717, 1.165) is 58.1 Å². The SMILES string of the molecule is CCNC(=NCCCc1ccc(C(C)C)cc1)N(C)CC1CCOC1. The molecule has 25 heavy (non-hydrogen) atoms. The molecule has 140 valence electrons. The highest BCUT2D eigenvalue weighted by Gasteiger charge is 2.18. The number of hydrogen-bond donors (Lipinski definition) is 1. The molecule has 0 aliphatic carbocycles. The molecular formula is C21H35N3O. The second kappa shape index (κ2) is 10.4. The number of nitrogens with one attached hydrogen (secondary N) is 1. The first-order valence-electron chi connectivity index (χ1n) is 9.76. The maximum atomic E-state index is 5.48. The van der Waals surface area contributed by atoms with Crippen molar-refractivity contribution in [1.82, 2.24) is 10.2 Å². The lowest BCUT2D eigenvalue weighted by molar-refractivity contribution is 0.181. The van der Waals surface area contributed by atoms with E-state index in [4.69, 9.17) is 9.73 Å². The quantitative estimate of drug-likeness (QED) is 0.444. The summed E-state index contributed by atoms with van der Waals surface area (Å²) < 4.78 is 5.48. The van der Waals surface area contributed by atoms with Gasteiger partial charge in [0.05, 0.1) is 6.61 Å². The summed E-state index contributed by atoms with van der Waals surface area (Å²) in [6.45, 7) is 11.2. The van der Waals surface area contributed by atoms with Crippen molar-refractivity contribution in [3.05, 3.63) is 35.4 Å². The minimum atomic E-state index is 0.599. The number of benzene rings is 1. The molecule has 1 heterocycles. The Labute approximate surface area is 153 Å². The lowest BCUT2D eigenvalue weighted by atomic mass is 10.0. The summed E-state index contributed by atoms with van der Waals surface area (Å²) in [6, 6.07) is 9.03. The van der Waals surface area contributed by atoms with E-state index < -0.39 is 0 Å². The number of aryl methyl sites for hydroxylation is 1. The lowest BCUT2D eigenvalue weighted by Crippen LogP contribution is -2.41. The minimum Gasteiger partial charge on any atom is -0.381 e. The Balaban J connectivity index is 1.79. The molecule has 0 spiro atoms. The molecule has 1 unspecified atom stereocenters. The maximum absolute atomic E-state index is 5.48. The van der Waals surface area contributed by atoms with Crippen molar-refractivity contribution in [2.45, 2.75) is 46.0 Å². The molecule has 1 aromatic carbocycles. The molecule has 0 amide bonds. The van der Waals surface area contributed by atoms with Gasteiger partial charge in [0.1, 0.15) is 0 Å². The van der Waals surface area contributed by atoms with Gasteiger partial charge in [0, 0.05) is 39.2 Å². The van der Waals surface area contributed by atoms with Crippen LogP contribution in [0.1, 0.15) is 50.7 Å². The van der Waals surface area contributed by atoms with Crippen LogP contribution in [0.15, 0.2) is 29.3 Å². The van der Waals surface area contributed by atoms with Gasteiger partial charge >= 0.3 is 0 Å². The third-order valence-corrected chi connectivity index (χ3v) is 4.78. The van der Waals surface area contributed by atoms with E-state index in [9.17, 15) is 0 Å². The molecule has 0 bridgehead atoms. The Kier molecular flexibility index (Phi) is 8.26. The Hall–Kier alpha value is -1.55. The van der Waals surface area contributed by atoms with Crippen molar-refractivity contribution in [2.75, 3.05) is 39.9 Å². The molecule has 1 fully saturated rings. The highest BCUT2D eigenvalue weighted by atomic mass is 16.5. The standard InChI is InChI=1S/C21H35N3O/c1-5-22-21(24(4)15-19-12-14-25-16-19)23-13-6-7-18-8-10-20(11-9-18)17(2)3/h8-11,17,19H,5-7,12-16H2,1-4H3,(H,22,23). The van der Waals surface area contributed by atoms with Gasteiger partial charge in [-0.1, -0.05) is 38.1 Å². The predicted octanol–water partition coefficient (Wildman–Crippen LogP) is 3.68. The number of nitrogens with zero attached hydrogens (tertiary/aromatic N) is 2. The van der Waals surface area contributed by atoms with Crippen LogP contribution >= 0.6 is 0 Å². The van der Waals surface area contributed by atoms with Crippen LogP contribution in [-0.2, 0) is 11.2 Å². The first-order chi connectivity index (χ1) is 12.1. The summed E-state index contributed by atoms with van der Waals surface area (Å²) in [6.07, 6.45) is 3.33. The van der Waals surface area contributed by atoms with Crippen molar-refractivity contribution >= 4 is 5.96 Å². The van der Waals surface area contributed by atoms with Crippen LogP contribution in [0.5, 0.6) is 0 Å². The molecule has 4 heteroatoms. The Morgan fingerprint density at radius 3 is 2.68 bits per heavy atom. The van der Waals surface area contributed by atoms with Crippen LogP contribution in [0.3, 0.4) is 0 Å². The fraction of sp³-hybridized carbons (Fsp3) is 0.667. The van der Waals surface area contributed by atoms with Crippen molar-refractivity contribution in [1.29, 1.82) is 0 Å². The highest BCUT2D eigenvalue weighted by Crippen LogP contribution is 2.16. The van der Waals surface area contributed by atoms with Crippen LogP contribution in [0.2, 0.25) is 0 Å². The van der Waals surface area contributed by atoms with Crippen LogP contribution in [0, 0.1) is 5.92 Å². The highest BCUT2D eigenvalue weighted by molar-refractivity contribution is 5.79. The summed E-state index contributed by atoms with van der Waals surface area (Å²) in [4.78, 5) is 7.06. The second-order valence-electron chi connectivity index (χ2n) is 7.35. The third kappa shape index (κ3) is 6.69. The summed E-state index contributed by atoms with van der Waals surface area (Å²) >= 11 is 0. The van der Waals surface area contributed by atoms with Crippen molar-refractivity contribution in [3.63, 3.8) is 0 Å². The van der Waals surface area contributed by atoms with Gasteiger partial charge in [-0.05, 0) is 43.2 Å². The number of ether oxygens (including phenoxy) is 1. The smallest absolute Gasteiger partial charge is 0.193 e. The largest absolute Gasteiger partial charge is 0.381 e. The Morgan fingerprint density at radius 1 is 1.32 bits per heavy atom. The molecule has 0 radical (unpaired) electrons. The molecule has 0 saturated carbocycles. The lowest BCUT2D eigenvalue weighted by Gasteiger charge is -2.24. The number of guanidine groups is 1. The van der Waals surface area contributed by atoms with Crippen LogP contribution in [0.25, 0.3) is 0 Å². The third-order valence-electron chi connectivity index (χ3n) is 4.78. The van der Waals surface area contributed by atoms with Gasteiger partial charge in [0.2, 0.25) is 0 Å². The number of aliphatic imine (C=N–C) groups is 1. The van der Waals surface area contributed by atoms with Gasteiger partial charge in [-0.15, -0.1) is 0 Å². The fourth-order valence-electron chi connectivity index (χ4n) is 3.21. The van der Waals surface area contributed by atoms with E-state index in [0.29, 0.717) is 11.8 Å². The summed E-state index contributed by atoms with van der Waals surface area (Å²) in [7, 11) is 2.13. The van der Waals surface area contributed by atoms with Gasteiger partial charge in [-0.25, -0.2) is 0 Å². The monoisotopic (exact) mass is 345 g/mol. The first-order valence-corrected chi connectivity index (χ1v) is 9.76.